The Hall–Kier alpha value is -2.21. The average Bonchev–Trinajstić information content (AvgIpc) is 2.60. The molecule has 2 amide bonds. The maximum Gasteiger partial charge on any atom is 0.242 e. The zero-order valence-corrected chi connectivity index (χ0v) is 15.7. The fourth-order valence-corrected chi connectivity index (χ4v) is 2.98. The summed E-state index contributed by atoms with van der Waals surface area (Å²) in [4.78, 5) is 26.3. The summed E-state index contributed by atoms with van der Waals surface area (Å²) in [5.74, 6) is -0.996. The Balaban J connectivity index is 2.25. The van der Waals surface area contributed by atoms with Crippen molar-refractivity contribution in [3.05, 3.63) is 69.9 Å². The van der Waals surface area contributed by atoms with Gasteiger partial charge >= 0.3 is 0 Å². The standard InChI is InChI=1S/C19H20BrFN2O2/c1-13(19(25)22-2)23(12-14-6-5-8-16(20)10-14)18(24)11-15-7-3-4-9-17(15)21/h3-10,13H,11-12H2,1-2H3,(H,22,25). The van der Waals surface area contributed by atoms with Crippen LogP contribution in [0.3, 0.4) is 0 Å². The van der Waals surface area contributed by atoms with E-state index in [1.165, 1.54) is 18.0 Å². The van der Waals surface area contributed by atoms with Crippen LogP contribution in [0.1, 0.15) is 18.1 Å². The summed E-state index contributed by atoms with van der Waals surface area (Å²) in [5, 5.41) is 2.56. The highest BCUT2D eigenvalue weighted by molar-refractivity contribution is 9.10. The molecule has 6 heteroatoms. The number of nitrogens with zero attached hydrogens (tertiary/aromatic N) is 1. The van der Waals surface area contributed by atoms with E-state index in [0.717, 1.165) is 10.0 Å². The molecular weight excluding hydrogens is 387 g/mol. The first kappa shape index (κ1) is 19.1. The summed E-state index contributed by atoms with van der Waals surface area (Å²) in [6.07, 6.45) is -0.0952. The first-order chi connectivity index (χ1) is 11.9. The van der Waals surface area contributed by atoms with Gasteiger partial charge in [-0.25, -0.2) is 4.39 Å². The summed E-state index contributed by atoms with van der Waals surface area (Å²) in [5.41, 5.74) is 1.20. The summed E-state index contributed by atoms with van der Waals surface area (Å²) in [7, 11) is 1.53. The van der Waals surface area contributed by atoms with Gasteiger partial charge in [-0.15, -0.1) is 0 Å². The quantitative estimate of drug-likeness (QED) is 0.799. The van der Waals surface area contributed by atoms with Crippen LogP contribution in [0.15, 0.2) is 53.0 Å². The molecule has 0 aliphatic rings. The molecule has 0 aliphatic heterocycles. The molecule has 2 rings (SSSR count). The van der Waals surface area contributed by atoms with Gasteiger partial charge < -0.3 is 10.2 Å². The molecule has 1 N–H and O–H groups in total. The molecule has 0 saturated heterocycles. The second kappa shape index (κ2) is 8.76. The van der Waals surface area contributed by atoms with Gasteiger partial charge in [0.25, 0.3) is 0 Å². The molecule has 4 nitrogen and oxygen atoms in total. The molecule has 2 aromatic carbocycles. The van der Waals surface area contributed by atoms with Crippen LogP contribution in [-0.2, 0) is 22.6 Å². The van der Waals surface area contributed by atoms with Crippen molar-refractivity contribution in [2.45, 2.75) is 25.9 Å². The normalized spacial score (nSPS) is 11.7. The monoisotopic (exact) mass is 406 g/mol. The van der Waals surface area contributed by atoms with E-state index in [0.29, 0.717) is 5.56 Å². The van der Waals surface area contributed by atoms with Gasteiger partial charge in [0.1, 0.15) is 11.9 Å². The van der Waals surface area contributed by atoms with E-state index in [9.17, 15) is 14.0 Å². The van der Waals surface area contributed by atoms with Gasteiger partial charge in [0.05, 0.1) is 6.42 Å². The number of likely N-dealkylation sites (N-methyl/N-ethyl adjacent to an activating group) is 1. The van der Waals surface area contributed by atoms with Crippen LogP contribution >= 0.6 is 15.9 Å². The molecule has 0 fully saturated rings. The summed E-state index contributed by atoms with van der Waals surface area (Å²) in [6.45, 7) is 1.93. The average molecular weight is 407 g/mol. The number of benzene rings is 2. The molecular formula is C19H20BrFN2O2. The van der Waals surface area contributed by atoms with Crippen molar-refractivity contribution in [3.8, 4) is 0 Å². The van der Waals surface area contributed by atoms with Crippen LogP contribution in [0, 0.1) is 5.82 Å². The highest BCUT2D eigenvalue weighted by Crippen LogP contribution is 2.17. The number of nitrogens with one attached hydrogen (secondary N) is 1. The lowest BCUT2D eigenvalue weighted by Gasteiger charge is -2.28. The predicted octanol–water partition coefficient (Wildman–Crippen LogP) is 3.29. The zero-order chi connectivity index (χ0) is 18.4. The molecule has 25 heavy (non-hydrogen) atoms. The smallest absolute Gasteiger partial charge is 0.242 e. The Morgan fingerprint density at radius 2 is 1.92 bits per heavy atom. The largest absolute Gasteiger partial charge is 0.357 e. The van der Waals surface area contributed by atoms with Gasteiger partial charge in [-0.3, -0.25) is 9.59 Å². The van der Waals surface area contributed by atoms with Gasteiger partial charge in [0.2, 0.25) is 11.8 Å². The number of carbonyl (C=O) groups excluding carboxylic acids is 2. The minimum Gasteiger partial charge on any atom is -0.357 e. The number of hydrogen-bond acceptors (Lipinski definition) is 2. The van der Waals surface area contributed by atoms with Crippen molar-refractivity contribution in [3.63, 3.8) is 0 Å². The third kappa shape index (κ3) is 5.13. The topological polar surface area (TPSA) is 49.4 Å². The molecule has 0 saturated carbocycles. The van der Waals surface area contributed by atoms with Gasteiger partial charge in [-0.2, -0.15) is 0 Å². The van der Waals surface area contributed by atoms with Gasteiger partial charge in [-0.1, -0.05) is 46.3 Å². The Kier molecular flexibility index (Phi) is 6.70. The first-order valence-corrected chi connectivity index (χ1v) is 8.70. The van der Waals surface area contributed by atoms with E-state index >= 15 is 0 Å². The number of amides is 2. The fraction of sp³-hybridized carbons (Fsp3) is 0.263. The van der Waals surface area contributed by atoms with Gasteiger partial charge in [-0.05, 0) is 36.2 Å². The number of carbonyl (C=O) groups is 2. The number of rotatable bonds is 6. The Bertz CT molecular complexity index is 767. The van der Waals surface area contributed by atoms with Crippen LogP contribution in [-0.4, -0.2) is 29.8 Å². The fourth-order valence-electron chi connectivity index (χ4n) is 2.53. The SMILES string of the molecule is CNC(=O)C(C)N(Cc1cccc(Br)c1)C(=O)Cc1ccccc1F. The lowest BCUT2D eigenvalue weighted by atomic mass is 10.1. The summed E-state index contributed by atoms with van der Waals surface area (Å²) >= 11 is 3.40. The Morgan fingerprint density at radius 3 is 2.56 bits per heavy atom. The van der Waals surface area contributed by atoms with Crippen LogP contribution in [0.25, 0.3) is 0 Å². The van der Waals surface area contributed by atoms with Crippen molar-refractivity contribution in [2.24, 2.45) is 0 Å². The minimum absolute atomic E-state index is 0.0952. The second-order valence-electron chi connectivity index (χ2n) is 5.71. The molecule has 0 radical (unpaired) electrons. The molecule has 0 heterocycles. The van der Waals surface area contributed by atoms with E-state index in [1.54, 1.807) is 25.1 Å². The van der Waals surface area contributed by atoms with E-state index in [4.69, 9.17) is 0 Å². The zero-order valence-electron chi connectivity index (χ0n) is 14.1. The van der Waals surface area contributed by atoms with E-state index < -0.39 is 11.9 Å². The highest BCUT2D eigenvalue weighted by Gasteiger charge is 2.26. The highest BCUT2D eigenvalue weighted by atomic mass is 79.9. The van der Waals surface area contributed by atoms with Crippen molar-refractivity contribution in [1.82, 2.24) is 10.2 Å². The minimum atomic E-state index is -0.664. The molecule has 0 aliphatic carbocycles. The lowest BCUT2D eigenvalue weighted by molar-refractivity contribution is -0.139. The van der Waals surface area contributed by atoms with Gasteiger partial charge in [0, 0.05) is 18.1 Å². The summed E-state index contributed by atoms with van der Waals surface area (Å²) in [6, 6.07) is 13.0. The predicted molar refractivity (Wildman–Crippen MR) is 98.3 cm³/mol. The third-order valence-corrected chi connectivity index (χ3v) is 4.45. The van der Waals surface area contributed by atoms with E-state index in [1.807, 2.05) is 24.3 Å². The maximum absolute atomic E-state index is 13.9. The molecule has 0 bridgehead atoms. The van der Waals surface area contributed by atoms with Crippen molar-refractivity contribution < 1.29 is 14.0 Å². The van der Waals surface area contributed by atoms with Crippen LogP contribution in [0.4, 0.5) is 4.39 Å². The van der Waals surface area contributed by atoms with Crippen LogP contribution in [0.2, 0.25) is 0 Å². The first-order valence-electron chi connectivity index (χ1n) is 7.91. The number of hydrogen-bond donors (Lipinski definition) is 1. The van der Waals surface area contributed by atoms with E-state index in [-0.39, 0.29) is 24.8 Å². The van der Waals surface area contributed by atoms with Crippen molar-refractivity contribution >= 4 is 27.7 Å². The maximum atomic E-state index is 13.9. The van der Waals surface area contributed by atoms with Crippen molar-refractivity contribution in [1.29, 1.82) is 0 Å². The molecule has 2 aromatic rings. The molecule has 1 atom stereocenters. The molecule has 1 unspecified atom stereocenters. The molecule has 0 spiro atoms. The Labute approximate surface area is 155 Å². The number of halogens is 2. The molecule has 0 aromatic heterocycles. The third-order valence-electron chi connectivity index (χ3n) is 3.96. The molecule has 132 valence electrons. The summed E-state index contributed by atoms with van der Waals surface area (Å²) < 4.78 is 14.8. The lowest BCUT2D eigenvalue weighted by Crippen LogP contribution is -2.47. The van der Waals surface area contributed by atoms with Gasteiger partial charge in [0.15, 0.2) is 0 Å². The Morgan fingerprint density at radius 1 is 1.20 bits per heavy atom. The van der Waals surface area contributed by atoms with E-state index in [2.05, 4.69) is 21.2 Å². The van der Waals surface area contributed by atoms with Crippen LogP contribution in [0.5, 0.6) is 0 Å². The van der Waals surface area contributed by atoms with Crippen LogP contribution < -0.4 is 5.32 Å². The second-order valence-corrected chi connectivity index (χ2v) is 6.63. The van der Waals surface area contributed by atoms with Crippen molar-refractivity contribution in [2.75, 3.05) is 7.05 Å².